The molecule has 1 aromatic rings. The van der Waals surface area contributed by atoms with Gasteiger partial charge in [0.2, 0.25) is 0 Å². The van der Waals surface area contributed by atoms with E-state index in [4.69, 9.17) is 9.47 Å². The number of carbonyl (C=O) groups is 2. The molecule has 2 rings (SSSR count). The molecule has 0 bridgehead atoms. The van der Waals surface area contributed by atoms with Crippen molar-refractivity contribution >= 4 is 17.8 Å². The lowest BCUT2D eigenvalue weighted by atomic mass is 9.97. The third-order valence-corrected chi connectivity index (χ3v) is 4.68. The fourth-order valence-corrected chi connectivity index (χ4v) is 3.10. The second kappa shape index (κ2) is 11.2. The van der Waals surface area contributed by atoms with Gasteiger partial charge in [0.05, 0.1) is 26.7 Å². The predicted octanol–water partition coefficient (Wildman–Crippen LogP) is 1.28. The Hall–Kier alpha value is -2.77. The molecule has 0 unspecified atom stereocenters. The molecule has 0 spiro atoms. The number of methoxy groups -OCH3 is 2. The number of hydrogen-bond acceptors (Lipinski definition) is 5. The molecular formula is C20H30N4O4. The van der Waals surface area contributed by atoms with Crippen LogP contribution in [0.25, 0.3) is 0 Å². The SMILES string of the molecule is CCNC(=NCCNC(=O)c1ccc(OC)cc1)N1CCC(C(=O)OC)CC1. The molecule has 0 atom stereocenters. The number of carbonyl (C=O) groups excluding carboxylic acids is 2. The summed E-state index contributed by atoms with van der Waals surface area (Å²) in [5, 5.41) is 6.15. The zero-order valence-electron chi connectivity index (χ0n) is 16.9. The second-order valence-corrected chi connectivity index (χ2v) is 6.50. The van der Waals surface area contributed by atoms with E-state index in [1.54, 1.807) is 31.4 Å². The molecule has 0 saturated carbocycles. The van der Waals surface area contributed by atoms with Gasteiger partial charge in [0.1, 0.15) is 5.75 Å². The third-order valence-electron chi connectivity index (χ3n) is 4.68. The van der Waals surface area contributed by atoms with Crippen LogP contribution in [0, 0.1) is 5.92 Å². The van der Waals surface area contributed by atoms with Crippen molar-refractivity contribution < 1.29 is 19.1 Å². The molecule has 2 N–H and O–H groups in total. The first-order valence-electron chi connectivity index (χ1n) is 9.62. The van der Waals surface area contributed by atoms with Gasteiger partial charge in [0, 0.05) is 31.7 Å². The largest absolute Gasteiger partial charge is 0.497 e. The number of nitrogens with one attached hydrogen (secondary N) is 2. The van der Waals surface area contributed by atoms with Gasteiger partial charge in [-0.1, -0.05) is 0 Å². The average molecular weight is 390 g/mol. The van der Waals surface area contributed by atoms with E-state index in [2.05, 4.69) is 20.5 Å². The van der Waals surface area contributed by atoms with Crippen LogP contribution in [0.5, 0.6) is 5.75 Å². The molecule has 0 aliphatic carbocycles. The molecular weight excluding hydrogens is 360 g/mol. The molecule has 1 aliphatic heterocycles. The van der Waals surface area contributed by atoms with Gasteiger partial charge in [-0.25, -0.2) is 0 Å². The van der Waals surface area contributed by atoms with Crippen molar-refractivity contribution in [1.29, 1.82) is 0 Å². The monoisotopic (exact) mass is 390 g/mol. The van der Waals surface area contributed by atoms with Crippen LogP contribution in [0.1, 0.15) is 30.1 Å². The number of ether oxygens (including phenoxy) is 2. The minimum Gasteiger partial charge on any atom is -0.497 e. The van der Waals surface area contributed by atoms with Crippen molar-refractivity contribution in [3.63, 3.8) is 0 Å². The molecule has 1 amide bonds. The number of aliphatic imine (C=N–C) groups is 1. The minimum atomic E-state index is -0.137. The normalized spacial score (nSPS) is 15.1. The summed E-state index contributed by atoms with van der Waals surface area (Å²) in [5.74, 6) is 1.22. The maximum absolute atomic E-state index is 12.2. The molecule has 1 aliphatic rings. The van der Waals surface area contributed by atoms with Crippen molar-refractivity contribution in [3.8, 4) is 5.75 Å². The molecule has 1 aromatic carbocycles. The molecule has 154 valence electrons. The topological polar surface area (TPSA) is 92.3 Å². The maximum Gasteiger partial charge on any atom is 0.308 e. The average Bonchev–Trinajstić information content (AvgIpc) is 2.75. The van der Waals surface area contributed by atoms with Gasteiger partial charge in [0.15, 0.2) is 5.96 Å². The van der Waals surface area contributed by atoms with Gasteiger partial charge >= 0.3 is 5.97 Å². The lowest BCUT2D eigenvalue weighted by Crippen LogP contribution is -2.47. The summed E-state index contributed by atoms with van der Waals surface area (Å²) in [4.78, 5) is 30.6. The number of esters is 1. The lowest BCUT2D eigenvalue weighted by Gasteiger charge is -2.33. The Morgan fingerprint density at radius 2 is 1.82 bits per heavy atom. The zero-order valence-corrected chi connectivity index (χ0v) is 16.9. The first-order valence-corrected chi connectivity index (χ1v) is 9.62. The van der Waals surface area contributed by atoms with E-state index in [9.17, 15) is 9.59 Å². The summed E-state index contributed by atoms with van der Waals surface area (Å²) in [7, 11) is 3.02. The van der Waals surface area contributed by atoms with E-state index in [1.807, 2.05) is 6.92 Å². The smallest absolute Gasteiger partial charge is 0.308 e. The fourth-order valence-electron chi connectivity index (χ4n) is 3.10. The van der Waals surface area contributed by atoms with Crippen LogP contribution in [0.2, 0.25) is 0 Å². The Kier molecular flexibility index (Phi) is 8.58. The summed E-state index contributed by atoms with van der Waals surface area (Å²) < 4.78 is 9.93. The van der Waals surface area contributed by atoms with Crippen molar-refractivity contribution in [3.05, 3.63) is 29.8 Å². The molecule has 0 radical (unpaired) electrons. The number of benzene rings is 1. The minimum absolute atomic E-state index is 0.0343. The van der Waals surface area contributed by atoms with Gasteiger partial charge in [-0.05, 0) is 44.0 Å². The number of likely N-dealkylation sites (tertiary alicyclic amines) is 1. The van der Waals surface area contributed by atoms with Crippen LogP contribution in [-0.2, 0) is 9.53 Å². The highest BCUT2D eigenvalue weighted by atomic mass is 16.5. The van der Waals surface area contributed by atoms with Crippen LogP contribution >= 0.6 is 0 Å². The Labute approximate surface area is 166 Å². The van der Waals surface area contributed by atoms with E-state index in [-0.39, 0.29) is 17.8 Å². The van der Waals surface area contributed by atoms with Crippen LogP contribution in [-0.4, -0.2) is 69.7 Å². The van der Waals surface area contributed by atoms with E-state index in [1.165, 1.54) is 7.11 Å². The van der Waals surface area contributed by atoms with Crippen molar-refractivity contribution in [1.82, 2.24) is 15.5 Å². The Morgan fingerprint density at radius 1 is 1.14 bits per heavy atom. The fraction of sp³-hybridized carbons (Fsp3) is 0.550. The summed E-state index contributed by atoms with van der Waals surface area (Å²) in [6.45, 7) is 5.20. The summed E-state index contributed by atoms with van der Waals surface area (Å²) in [5.41, 5.74) is 0.585. The highest BCUT2D eigenvalue weighted by molar-refractivity contribution is 5.94. The summed E-state index contributed by atoms with van der Waals surface area (Å²) in [6, 6.07) is 6.97. The number of hydrogen-bond donors (Lipinski definition) is 2. The van der Waals surface area contributed by atoms with E-state index in [0.717, 1.165) is 38.4 Å². The number of piperidine rings is 1. The van der Waals surface area contributed by atoms with E-state index in [0.29, 0.717) is 24.4 Å². The predicted molar refractivity (Wildman–Crippen MR) is 108 cm³/mol. The number of rotatable bonds is 7. The number of amides is 1. The van der Waals surface area contributed by atoms with Crippen LogP contribution in [0.4, 0.5) is 0 Å². The first-order chi connectivity index (χ1) is 13.6. The van der Waals surface area contributed by atoms with E-state index < -0.39 is 0 Å². The van der Waals surface area contributed by atoms with Gasteiger partial charge in [-0.2, -0.15) is 0 Å². The zero-order chi connectivity index (χ0) is 20.4. The Morgan fingerprint density at radius 3 is 2.39 bits per heavy atom. The molecule has 0 aromatic heterocycles. The maximum atomic E-state index is 12.2. The molecule has 28 heavy (non-hydrogen) atoms. The van der Waals surface area contributed by atoms with Gasteiger partial charge < -0.3 is 25.0 Å². The van der Waals surface area contributed by atoms with Crippen molar-refractivity contribution in [2.75, 3.05) is 46.9 Å². The quantitative estimate of drug-likeness (QED) is 0.315. The van der Waals surface area contributed by atoms with Gasteiger partial charge in [-0.3, -0.25) is 14.6 Å². The molecule has 1 saturated heterocycles. The van der Waals surface area contributed by atoms with E-state index >= 15 is 0 Å². The standard InChI is InChI=1S/C20H30N4O4/c1-4-21-20(24-13-9-16(10-14-24)19(26)28-3)23-12-11-22-18(25)15-5-7-17(27-2)8-6-15/h5-8,16H,4,9-14H2,1-3H3,(H,21,23)(H,22,25). The highest BCUT2D eigenvalue weighted by Gasteiger charge is 2.26. The molecule has 1 fully saturated rings. The molecule has 1 heterocycles. The second-order valence-electron chi connectivity index (χ2n) is 6.50. The van der Waals surface area contributed by atoms with Gasteiger partial charge in [0.25, 0.3) is 5.91 Å². The Bertz CT molecular complexity index is 667. The molecule has 8 nitrogen and oxygen atoms in total. The van der Waals surface area contributed by atoms with Crippen molar-refractivity contribution in [2.45, 2.75) is 19.8 Å². The van der Waals surface area contributed by atoms with Crippen molar-refractivity contribution in [2.24, 2.45) is 10.9 Å². The number of nitrogens with zero attached hydrogens (tertiary/aromatic N) is 2. The third kappa shape index (κ3) is 6.14. The molecule has 8 heteroatoms. The summed E-state index contributed by atoms with van der Waals surface area (Å²) in [6.07, 6.45) is 1.51. The first kappa shape index (κ1) is 21.5. The summed E-state index contributed by atoms with van der Waals surface area (Å²) >= 11 is 0. The number of guanidine groups is 1. The van der Waals surface area contributed by atoms with Gasteiger partial charge in [-0.15, -0.1) is 0 Å². The lowest BCUT2D eigenvalue weighted by molar-refractivity contribution is -0.146. The van der Waals surface area contributed by atoms with Crippen LogP contribution < -0.4 is 15.4 Å². The van der Waals surface area contributed by atoms with Crippen LogP contribution in [0.15, 0.2) is 29.3 Å². The Balaban J connectivity index is 1.82. The highest BCUT2D eigenvalue weighted by Crippen LogP contribution is 2.18. The van der Waals surface area contributed by atoms with Crippen LogP contribution in [0.3, 0.4) is 0 Å².